The second-order valence-electron chi connectivity index (χ2n) is 2.80. The van der Waals surface area contributed by atoms with E-state index in [9.17, 15) is 0 Å². The Balaban J connectivity index is 2.11. The molecule has 0 spiro atoms. The van der Waals surface area contributed by atoms with E-state index in [2.05, 4.69) is 40.9 Å². The van der Waals surface area contributed by atoms with E-state index in [1.54, 1.807) is 4.68 Å². The number of hydrogen-bond acceptors (Lipinski definition) is 5. The molecule has 0 N–H and O–H groups in total. The number of halogens is 1. The molecule has 7 heteroatoms. The molecule has 0 saturated heterocycles. The molecule has 0 saturated carbocycles. The van der Waals surface area contributed by atoms with Crippen LogP contribution in [0.5, 0.6) is 0 Å². The topological polar surface area (TPSA) is 69.6 Å². The molecule has 1 unspecified atom stereocenters. The summed E-state index contributed by atoms with van der Waals surface area (Å²) in [5.74, 6) is 0.587. The molecule has 2 heterocycles. The van der Waals surface area contributed by atoms with E-state index in [4.69, 9.17) is 0 Å². The summed E-state index contributed by atoms with van der Waals surface area (Å²) in [5.41, 5.74) is 0.883. The van der Waals surface area contributed by atoms with Gasteiger partial charge in [0.05, 0.1) is 16.7 Å². The molecular formula is C7H8BrN5O. The van der Waals surface area contributed by atoms with Crippen LogP contribution in [-0.4, -0.2) is 25.1 Å². The van der Waals surface area contributed by atoms with E-state index >= 15 is 0 Å². The summed E-state index contributed by atoms with van der Waals surface area (Å²) in [6.07, 6.45) is 3.13. The molecule has 0 amide bonds. The van der Waals surface area contributed by atoms with Gasteiger partial charge in [0.2, 0.25) is 6.39 Å². The Bertz CT molecular complexity index is 396. The minimum Gasteiger partial charge on any atom is -0.343 e. The summed E-state index contributed by atoms with van der Waals surface area (Å²) >= 11 is 3.41. The molecule has 14 heavy (non-hydrogen) atoms. The highest BCUT2D eigenvalue weighted by Gasteiger charge is 2.07. The fourth-order valence-electron chi connectivity index (χ4n) is 0.980. The van der Waals surface area contributed by atoms with Crippen molar-refractivity contribution in [2.24, 2.45) is 0 Å². The SMILES string of the molecule is CC(Br)c1cn(Cc2ncon2)nn1. The molecule has 2 aromatic rings. The van der Waals surface area contributed by atoms with E-state index in [1.807, 2.05) is 13.1 Å². The molecule has 2 rings (SSSR count). The Morgan fingerprint density at radius 2 is 2.50 bits per heavy atom. The van der Waals surface area contributed by atoms with Crippen LogP contribution in [-0.2, 0) is 6.54 Å². The third kappa shape index (κ3) is 1.98. The van der Waals surface area contributed by atoms with E-state index in [0.29, 0.717) is 12.4 Å². The van der Waals surface area contributed by atoms with Crippen LogP contribution in [0, 0.1) is 0 Å². The monoisotopic (exact) mass is 257 g/mol. The van der Waals surface area contributed by atoms with Crippen molar-refractivity contribution >= 4 is 15.9 Å². The molecule has 0 bridgehead atoms. The Morgan fingerprint density at radius 1 is 1.64 bits per heavy atom. The average molecular weight is 258 g/mol. The molecule has 2 aromatic heterocycles. The van der Waals surface area contributed by atoms with Crippen molar-refractivity contribution < 1.29 is 4.52 Å². The molecule has 0 aliphatic heterocycles. The van der Waals surface area contributed by atoms with Gasteiger partial charge >= 0.3 is 0 Å². The zero-order valence-corrected chi connectivity index (χ0v) is 9.05. The van der Waals surface area contributed by atoms with Crippen LogP contribution in [0.4, 0.5) is 0 Å². The molecule has 6 nitrogen and oxygen atoms in total. The summed E-state index contributed by atoms with van der Waals surface area (Å²) in [5, 5.41) is 11.6. The predicted molar refractivity (Wildman–Crippen MR) is 50.8 cm³/mol. The van der Waals surface area contributed by atoms with Gasteiger partial charge in [-0.25, -0.2) is 4.68 Å². The highest BCUT2D eigenvalue weighted by Crippen LogP contribution is 2.17. The molecule has 0 aromatic carbocycles. The van der Waals surface area contributed by atoms with Crippen LogP contribution in [0.15, 0.2) is 17.1 Å². The normalized spacial score (nSPS) is 13.0. The van der Waals surface area contributed by atoms with Crippen molar-refractivity contribution in [3.63, 3.8) is 0 Å². The highest BCUT2D eigenvalue weighted by atomic mass is 79.9. The summed E-state index contributed by atoms with van der Waals surface area (Å²) < 4.78 is 6.27. The zero-order valence-electron chi connectivity index (χ0n) is 7.46. The van der Waals surface area contributed by atoms with Crippen molar-refractivity contribution in [2.45, 2.75) is 18.3 Å². The Hall–Kier alpha value is -1.24. The van der Waals surface area contributed by atoms with Crippen molar-refractivity contribution in [2.75, 3.05) is 0 Å². The lowest BCUT2D eigenvalue weighted by Gasteiger charge is -1.94. The quantitative estimate of drug-likeness (QED) is 0.773. The number of hydrogen-bond donors (Lipinski definition) is 0. The van der Waals surface area contributed by atoms with Crippen molar-refractivity contribution in [3.8, 4) is 0 Å². The van der Waals surface area contributed by atoms with Gasteiger partial charge in [-0.3, -0.25) is 0 Å². The Morgan fingerprint density at radius 3 is 3.07 bits per heavy atom. The second kappa shape index (κ2) is 3.87. The summed E-state index contributed by atoms with van der Waals surface area (Å²) in [4.78, 5) is 4.08. The summed E-state index contributed by atoms with van der Waals surface area (Å²) in [6, 6.07) is 0. The summed E-state index contributed by atoms with van der Waals surface area (Å²) in [7, 11) is 0. The maximum Gasteiger partial charge on any atom is 0.213 e. The average Bonchev–Trinajstić information content (AvgIpc) is 2.75. The first-order chi connectivity index (χ1) is 6.75. The first-order valence-corrected chi connectivity index (χ1v) is 4.96. The van der Waals surface area contributed by atoms with Gasteiger partial charge in [-0.05, 0) is 6.92 Å². The van der Waals surface area contributed by atoms with Crippen molar-refractivity contribution in [1.29, 1.82) is 0 Å². The van der Waals surface area contributed by atoms with Gasteiger partial charge in [0.25, 0.3) is 0 Å². The highest BCUT2D eigenvalue weighted by molar-refractivity contribution is 9.09. The largest absolute Gasteiger partial charge is 0.343 e. The van der Waals surface area contributed by atoms with Crippen LogP contribution in [0.25, 0.3) is 0 Å². The third-order valence-electron chi connectivity index (χ3n) is 1.67. The van der Waals surface area contributed by atoms with Gasteiger partial charge in [-0.2, -0.15) is 4.98 Å². The standard InChI is InChI=1S/C7H8BrN5O/c1-5(8)6-2-13(12-10-6)3-7-9-4-14-11-7/h2,4-5H,3H2,1H3. The van der Waals surface area contributed by atoms with Gasteiger partial charge in [0.1, 0.15) is 6.54 Å². The third-order valence-corrected chi connectivity index (χ3v) is 2.14. The lowest BCUT2D eigenvalue weighted by atomic mass is 10.4. The van der Waals surface area contributed by atoms with Gasteiger partial charge in [-0.1, -0.05) is 26.3 Å². The van der Waals surface area contributed by atoms with Gasteiger partial charge in [0.15, 0.2) is 5.82 Å². The van der Waals surface area contributed by atoms with Crippen molar-refractivity contribution in [1.82, 2.24) is 25.1 Å². The number of aromatic nitrogens is 5. The fourth-order valence-corrected chi connectivity index (χ4v) is 1.19. The molecule has 1 atom stereocenters. The summed E-state index contributed by atoms with van der Waals surface area (Å²) in [6.45, 7) is 2.46. The van der Waals surface area contributed by atoms with Gasteiger partial charge < -0.3 is 4.52 Å². The van der Waals surface area contributed by atoms with Crippen LogP contribution in [0.3, 0.4) is 0 Å². The molecule has 0 aliphatic rings. The van der Waals surface area contributed by atoms with E-state index in [0.717, 1.165) is 5.69 Å². The van der Waals surface area contributed by atoms with E-state index in [1.165, 1.54) is 6.39 Å². The van der Waals surface area contributed by atoms with Crippen molar-refractivity contribution in [3.05, 3.63) is 24.1 Å². The lowest BCUT2D eigenvalue weighted by molar-refractivity contribution is 0.406. The van der Waals surface area contributed by atoms with Crippen LogP contribution in [0.1, 0.15) is 23.3 Å². The molecular weight excluding hydrogens is 250 g/mol. The number of rotatable bonds is 3. The minimum atomic E-state index is 0.196. The predicted octanol–water partition coefficient (Wildman–Crippen LogP) is 1.17. The van der Waals surface area contributed by atoms with Gasteiger partial charge in [0, 0.05) is 0 Å². The maximum absolute atomic E-state index is 4.61. The number of nitrogens with zero attached hydrogens (tertiary/aromatic N) is 5. The fraction of sp³-hybridized carbons (Fsp3) is 0.429. The van der Waals surface area contributed by atoms with Gasteiger partial charge in [-0.15, -0.1) is 5.10 Å². The van der Waals surface area contributed by atoms with E-state index < -0.39 is 0 Å². The zero-order chi connectivity index (χ0) is 9.97. The van der Waals surface area contributed by atoms with Crippen LogP contribution >= 0.6 is 15.9 Å². The van der Waals surface area contributed by atoms with E-state index in [-0.39, 0.29) is 4.83 Å². The van der Waals surface area contributed by atoms with Crippen LogP contribution < -0.4 is 0 Å². The molecule has 0 aliphatic carbocycles. The minimum absolute atomic E-state index is 0.196. The second-order valence-corrected chi connectivity index (χ2v) is 4.18. The number of alkyl halides is 1. The first-order valence-electron chi connectivity index (χ1n) is 4.05. The first kappa shape index (κ1) is 9.32. The molecule has 0 radical (unpaired) electrons. The Labute approximate surface area is 88.4 Å². The molecule has 74 valence electrons. The Kier molecular flexibility index (Phi) is 2.58. The maximum atomic E-state index is 4.61. The smallest absolute Gasteiger partial charge is 0.213 e. The molecule has 0 fully saturated rings. The lowest BCUT2D eigenvalue weighted by Crippen LogP contribution is -2.01. The van der Waals surface area contributed by atoms with Crippen LogP contribution in [0.2, 0.25) is 0 Å².